The highest BCUT2D eigenvalue weighted by Crippen LogP contribution is 2.28. The number of nitrogens with zero attached hydrogens (tertiary/aromatic N) is 2. The van der Waals surface area contributed by atoms with Crippen molar-refractivity contribution in [1.29, 1.82) is 0 Å². The number of rotatable bonds is 11. The van der Waals surface area contributed by atoms with E-state index < -0.39 is 28.5 Å². The lowest BCUT2D eigenvalue weighted by Gasteiger charge is -2.35. The van der Waals surface area contributed by atoms with E-state index in [2.05, 4.69) is 21.2 Å². The van der Waals surface area contributed by atoms with Crippen molar-refractivity contribution in [3.05, 3.63) is 98.4 Å². The van der Waals surface area contributed by atoms with Gasteiger partial charge in [0.05, 0.1) is 11.9 Å². The molecule has 1 atom stereocenters. The van der Waals surface area contributed by atoms with E-state index in [0.717, 1.165) is 58.3 Å². The van der Waals surface area contributed by atoms with Crippen molar-refractivity contribution in [2.24, 2.45) is 0 Å². The molecule has 0 aromatic heterocycles. The normalized spacial score (nSPS) is 14.7. The molecule has 3 aromatic rings. The average Bonchev–Trinajstić information content (AvgIpc) is 2.93. The van der Waals surface area contributed by atoms with Crippen molar-refractivity contribution >= 4 is 66.7 Å². The van der Waals surface area contributed by atoms with E-state index in [0.29, 0.717) is 0 Å². The average molecular weight is 696 g/mol. The first-order chi connectivity index (χ1) is 20.0. The third-order valence-corrected chi connectivity index (χ3v) is 9.35. The summed E-state index contributed by atoms with van der Waals surface area (Å²) in [6.45, 7) is -0.437. The van der Waals surface area contributed by atoms with Gasteiger partial charge in [0.2, 0.25) is 21.8 Å². The van der Waals surface area contributed by atoms with Crippen molar-refractivity contribution in [2.75, 3.05) is 17.1 Å². The highest BCUT2D eigenvalue weighted by atomic mass is 79.9. The Bertz CT molecular complexity index is 1480. The van der Waals surface area contributed by atoms with Crippen LogP contribution in [-0.2, 0) is 32.6 Å². The smallest absolute Gasteiger partial charge is 0.244 e. The van der Waals surface area contributed by atoms with Gasteiger partial charge < -0.3 is 10.2 Å². The fourth-order valence-electron chi connectivity index (χ4n) is 5.23. The standard InChI is InChI=1S/C31H34BrCl2N3O4S/c1-42(40,41)37(28-18-25(33)17-26(34)19-28)21-30(38)36(20-23-11-8-12-24(32)15-23)29(16-22-9-4-2-5-10-22)31(39)35-27-13-6-3-7-14-27/h2,4-5,8-12,15,17-19,27,29H,3,6-7,13-14,16,20-21H2,1H3,(H,35,39)/t29-/m1/s1. The molecule has 1 N–H and O–H groups in total. The van der Waals surface area contributed by atoms with Crippen LogP contribution in [0.2, 0.25) is 10.0 Å². The summed E-state index contributed by atoms with van der Waals surface area (Å²) >= 11 is 15.9. The molecule has 11 heteroatoms. The van der Waals surface area contributed by atoms with E-state index in [1.165, 1.54) is 23.1 Å². The van der Waals surface area contributed by atoms with Crippen LogP contribution in [0.5, 0.6) is 0 Å². The van der Waals surface area contributed by atoms with Crippen LogP contribution in [0.3, 0.4) is 0 Å². The highest BCUT2D eigenvalue weighted by Gasteiger charge is 2.34. The monoisotopic (exact) mass is 693 g/mol. The van der Waals surface area contributed by atoms with Crippen molar-refractivity contribution < 1.29 is 18.0 Å². The van der Waals surface area contributed by atoms with Crippen molar-refractivity contribution in [3.8, 4) is 0 Å². The molecule has 42 heavy (non-hydrogen) atoms. The zero-order valence-corrected chi connectivity index (χ0v) is 27.2. The number of nitrogens with one attached hydrogen (secondary N) is 1. The third-order valence-electron chi connectivity index (χ3n) is 7.28. The molecule has 1 fully saturated rings. The maximum absolute atomic E-state index is 14.2. The fraction of sp³-hybridized carbons (Fsp3) is 0.355. The van der Waals surface area contributed by atoms with Crippen LogP contribution in [0.1, 0.15) is 43.2 Å². The first kappa shape index (κ1) is 32.3. The molecule has 2 amide bonds. The minimum absolute atomic E-state index is 0.0356. The number of halogens is 3. The topological polar surface area (TPSA) is 86.8 Å². The number of amides is 2. The van der Waals surface area contributed by atoms with Crippen molar-refractivity contribution in [3.63, 3.8) is 0 Å². The Labute approximate surface area is 266 Å². The van der Waals surface area contributed by atoms with Gasteiger partial charge in [-0.05, 0) is 54.3 Å². The van der Waals surface area contributed by atoms with Gasteiger partial charge >= 0.3 is 0 Å². The van der Waals surface area contributed by atoms with Gasteiger partial charge in [0.1, 0.15) is 12.6 Å². The maximum atomic E-state index is 14.2. The number of hydrogen-bond donors (Lipinski definition) is 1. The molecule has 0 unspecified atom stereocenters. The number of sulfonamides is 1. The Morgan fingerprint density at radius 2 is 1.57 bits per heavy atom. The fourth-order valence-corrected chi connectivity index (χ4v) is 7.02. The van der Waals surface area contributed by atoms with E-state index in [9.17, 15) is 18.0 Å². The Kier molecular flexibility index (Phi) is 11.3. The predicted molar refractivity (Wildman–Crippen MR) is 172 cm³/mol. The molecule has 0 aliphatic heterocycles. The first-order valence-corrected chi connectivity index (χ1v) is 17.2. The van der Waals surface area contributed by atoms with E-state index >= 15 is 0 Å². The summed E-state index contributed by atoms with van der Waals surface area (Å²) in [5.41, 5.74) is 1.84. The van der Waals surface area contributed by atoms with Crippen LogP contribution in [0.25, 0.3) is 0 Å². The van der Waals surface area contributed by atoms with E-state index in [4.69, 9.17) is 23.2 Å². The van der Waals surface area contributed by atoms with E-state index in [1.54, 1.807) is 0 Å². The SMILES string of the molecule is CS(=O)(=O)N(CC(=O)N(Cc1cccc(Br)c1)[C@H](Cc1ccccc1)C(=O)NC1CCCCC1)c1cc(Cl)cc(Cl)c1. The second-order valence-corrected chi connectivity index (χ2v) is 14.3. The summed E-state index contributed by atoms with van der Waals surface area (Å²) in [5.74, 6) is -0.790. The molecule has 0 radical (unpaired) electrons. The van der Waals surface area contributed by atoms with Gasteiger partial charge in [-0.1, -0.05) is 101 Å². The first-order valence-electron chi connectivity index (χ1n) is 13.8. The molecule has 1 saturated carbocycles. The quantitative estimate of drug-likeness (QED) is 0.245. The number of hydrogen-bond acceptors (Lipinski definition) is 4. The van der Waals surface area contributed by atoms with Crippen LogP contribution in [0, 0.1) is 0 Å². The second-order valence-electron chi connectivity index (χ2n) is 10.6. The summed E-state index contributed by atoms with van der Waals surface area (Å²) < 4.78 is 27.7. The molecule has 0 heterocycles. The van der Waals surface area contributed by atoms with Gasteiger partial charge in [-0.2, -0.15) is 0 Å². The second kappa shape index (κ2) is 14.7. The molecule has 0 bridgehead atoms. The lowest BCUT2D eigenvalue weighted by Crippen LogP contribution is -2.55. The minimum atomic E-state index is -3.93. The zero-order chi connectivity index (χ0) is 30.3. The highest BCUT2D eigenvalue weighted by molar-refractivity contribution is 9.10. The van der Waals surface area contributed by atoms with Crippen molar-refractivity contribution in [1.82, 2.24) is 10.2 Å². The molecule has 1 aliphatic rings. The summed E-state index contributed by atoms with van der Waals surface area (Å²) in [6, 6.07) is 20.5. The number of benzene rings is 3. The third kappa shape index (κ3) is 9.20. The van der Waals surface area contributed by atoms with Gasteiger partial charge in [-0.15, -0.1) is 0 Å². The van der Waals surface area contributed by atoms with Crippen LogP contribution in [0.15, 0.2) is 77.3 Å². The number of anilines is 1. The molecular formula is C31H34BrCl2N3O4S. The van der Waals surface area contributed by atoms with Crippen LogP contribution in [0.4, 0.5) is 5.69 Å². The predicted octanol–water partition coefficient (Wildman–Crippen LogP) is 6.61. The Balaban J connectivity index is 1.73. The summed E-state index contributed by atoms with van der Waals surface area (Å²) in [4.78, 5) is 29.7. The van der Waals surface area contributed by atoms with Gasteiger partial charge in [0.15, 0.2) is 0 Å². The van der Waals surface area contributed by atoms with Gasteiger partial charge in [0, 0.05) is 33.5 Å². The summed E-state index contributed by atoms with van der Waals surface area (Å²) in [7, 11) is -3.93. The van der Waals surface area contributed by atoms with Crippen LogP contribution < -0.4 is 9.62 Å². The number of carbonyl (C=O) groups excluding carboxylic acids is 2. The van der Waals surface area contributed by atoms with Crippen molar-refractivity contribution in [2.45, 2.75) is 57.2 Å². The van der Waals surface area contributed by atoms with E-state index in [-0.39, 0.29) is 40.6 Å². The van der Waals surface area contributed by atoms with Gasteiger partial charge in [0.25, 0.3) is 0 Å². The zero-order valence-electron chi connectivity index (χ0n) is 23.3. The summed E-state index contributed by atoms with van der Waals surface area (Å²) in [5, 5.41) is 3.66. The lowest BCUT2D eigenvalue weighted by atomic mass is 9.94. The number of carbonyl (C=O) groups is 2. The molecule has 0 saturated heterocycles. The van der Waals surface area contributed by atoms with Crippen LogP contribution >= 0.6 is 39.1 Å². The molecule has 224 valence electrons. The van der Waals surface area contributed by atoms with E-state index in [1.807, 2.05) is 54.6 Å². The Morgan fingerprint density at radius 1 is 0.929 bits per heavy atom. The molecular weight excluding hydrogens is 661 g/mol. The minimum Gasteiger partial charge on any atom is -0.352 e. The maximum Gasteiger partial charge on any atom is 0.244 e. The van der Waals surface area contributed by atoms with Gasteiger partial charge in [-0.3, -0.25) is 13.9 Å². The van der Waals surface area contributed by atoms with Crippen LogP contribution in [-0.4, -0.2) is 50.0 Å². The van der Waals surface area contributed by atoms with Gasteiger partial charge in [-0.25, -0.2) is 8.42 Å². The Hall–Kier alpha value is -2.59. The molecule has 7 nitrogen and oxygen atoms in total. The molecule has 0 spiro atoms. The summed E-state index contributed by atoms with van der Waals surface area (Å²) in [6.07, 6.45) is 6.29. The molecule has 4 rings (SSSR count). The largest absolute Gasteiger partial charge is 0.352 e. The molecule has 3 aromatic carbocycles. The lowest BCUT2D eigenvalue weighted by molar-refractivity contribution is -0.140. The molecule has 1 aliphatic carbocycles. The Morgan fingerprint density at radius 3 is 2.19 bits per heavy atom.